The van der Waals surface area contributed by atoms with Crippen LogP contribution >= 0.6 is 0 Å². The summed E-state index contributed by atoms with van der Waals surface area (Å²) in [5.41, 5.74) is 1.63. The van der Waals surface area contributed by atoms with Crippen LogP contribution < -0.4 is 9.47 Å². The molecule has 1 atom stereocenters. The summed E-state index contributed by atoms with van der Waals surface area (Å²) < 4.78 is 13.4. The van der Waals surface area contributed by atoms with Gasteiger partial charge < -0.3 is 14.4 Å². The van der Waals surface area contributed by atoms with E-state index in [1.54, 1.807) is 22.8 Å². The van der Waals surface area contributed by atoms with Crippen LogP contribution in [0, 0.1) is 0 Å². The van der Waals surface area contributed by atoms with E-state index in [1.807, 2.05) is 42.5 Å². The highest BCUT2D eigenvalue weighted by Gasteiger charge is 2.25. The SMILES string of the molecule is CN(C[C@H]1COc2ccccc2O1)C(=O)c1cn(CCCc2ccccc2)nn1. The minimum absolute atomic E-state index is 0.179. The zero-order chi connectivity index (χ0) is 20.1. The Morgan fingerprint density at radius 2 is 1.90 bits per heavy atom. The van der Waals surface area contributed by atoms with E-state index in [0.29, 0.717) is 24.6 Å². The number of carbonyl (C=O) groups excluding carboxylic acids is 1. The molecule has 7 heteroatoms. The molecule has 29 heavy (non-hydrogen) atoms. The molecule has 1 aliphatic heterocycles. The fraction of sp³-hybridized carbons (Fsp3) is 0.318. The molecular formula is C22H24N4O3. The average molecular weight is 392 g/mol. The van der Waals surface area contributed by atoms with E-state index in [2.05, 4.69) is 22.4 Å². The minimum atomic E-state index is -0.222. The second kappa shape index (κ2) is 8.77. The van der Waals surface area contributed by atoms with E-state index in [0.717, 1.165) is 25.1 Å². The number of benzene rings is 2. The van der Waals surface area contributed by atoms with Crippen molar-refractivity contribution >= 4 is 5.91 Å². The number of ether oxygens (including phenoxy) is 2. The maximum Gasteiger partial charge on any atom is 0.275 e. The maximum absolute atomic E-state index is 12.7. The molecule has 0 fully saturated rings. The Bertz CT molecular complexity index is 957. The molecule has 1 amide bonds. The first kappa shape index (κ1) is 19.0. The number of fused-ring (bicyclic) bond motifs is 1. The highest BCUT2D eigenvalue weighted by molar-refractivity contribution is 5.91. The van der Waals surface area contributed by atoms with Crippen LogP contribution in [0.3, 0.4) is 0 Å². The van der Waals surface area contributed by atoms with Crippen LogP contribution in [-0.2, 0) is 13.0 Å². The largest absolute Gasteiger partial charge is 0.486 e. The molecule has 0 unspecified atom stereocenters. The zero-order valence-corrected chi connectivity index (χ0v) is 16.4. The summed E-state index contributed by atoms with van der Waals surface area (Å²) in [5, 5.41) is 8.13. The highest BCUT2D eigenvalue weighted by atomic mass is 16.6. The summed E-state index contributed by atoms with van der Waals surface area (Å²) in [6.45, 7) is 1.53. The van der Waals surface area contributed by atoms with E-state index in [9.17, 15) is 4.79 Å². The van der Waals surface area contributed by atoms with Gasteiger partial charge in [0, 0.05) is 13.6 Å². The van der Waals surface area contributed by atoms with Gasteiger partial charge >= 0.3 is 0 Å². The lowest BCUT2D eigenvalue weighted by molar-refractivity contribution is 0.0517. The number of para-hydroxylation sites is 2. The molecular weight excluding hydrogens is 368 g/mol. The summed E-state index contributed by atoms with van der Waals surface area (Å²) in [6, 6.07) is 17.9. The third kappa shape index (κ3) is 4.74. The average Bonchev–Trinajstić information content (AvgIpc) is 3.23. The predicted molar refractivity (Wildman–Crippen MR) is 108 cm³/mol. The number of aromatic nitrogens is 3. The third-order valence-electron chi connectivity index (χ3n) is 4.84. The van der Waals surface area contributed by atoms with Crippen LogP contribution in [0.5, 0.6) is 11.5 Å². The third-order valence-corrected chi connectivity index (χ3v) is 4.84. The monoisotopic (exact) mass is 392 g/mol. The second-order valence-electron chi connectivity index (χ2n) is 7.14. The zero-order valence-electron chi connectivity index (χ0n) is 16.4. The van der Waals surface area contributed by atoms with Gasteiger partial charge in [-0.3, -0.25) is 9.48 Å². The lowest BCUT2D eigenvalue weighted by Crippen LogP contribution is -2.41. The lowest BCUT2D eigenvalue weighted by Gasteiger charge is -2.29. The molecule has 150 valence electrons. The molecule has 0 radical (unpaired) electrons. The van der Waals surface area contributed by atoms with Crippen molar-refractivity contribution in [3.05, 3.63) is 72.1 Å². The molecule has 0 saturated heterocycles. The number of aryl methyl sites for hydroxylation is 2. The molecule has 0 bridgehead atoms. The molecule has 2 heterocycles. The van der Waals surface area contributed by atoms with E-state index in [-0.39, 0.29) is 12.0 Å². The van der Waals surface area contributed by atoms with Crippen molar-refractivity contribution in [3.8, 4) is 11.5 Å². The normalized spacial score (nSPS) is 15.1. The van der Waals surface area contributed by atoms with Gasteiger partial charge in [0.05, 0.1) is 12.7 Å². The van der Waals surface area contributed by atoms with Gasteiger partial charge in [0.25, 0.3) is 5.91 Å². The number of rotatable bonds is 7. The molecule has 1 aliphatic rings. The first-order chi connectivity index (χ1) is 14.2. The molecule has 0 N–H and O–H groups in total. The minimum Gasteiger partial charge on any atom is -0.486 e. The number of hydrogen-bond acceptors (Lipinski definition) is 5. The number of amides is 1. The maximum atomic E-state index is 12.7. The van der Waals surface area contributed by atoms with Gasteiger partial charge in [-0.05, 0) is 30.5 Å². The molecule has 1 aromatic heterocycles. The highest BCUT2D eigenvalue weighted by Crippen LogP contribution is 2.31. The van der Waals surface area contributed by atoms with Crippen molar-refractivity contribution in [2.75, 3.05) is 20.2 Å². The standard InChI is InChI=1S/C22H24N4O3/c1-25(14-18-16-28-20-11-5-6-12-21(20)29-18)22(27)19-15-26(24-23-19)13-7-10-17-8-3-2-4-9-17/h2-6,8-9,11-12,15,18H,7,10,13-14,16H2,1H3/t18-/m0/s1. The Kier molecular flexibility index (Phi) is 5.74. The Morgan fingerprint density at radius 1 is 1.14 bits per heavy atom. The Morgan fingerprint density at radius 3 is 2.72 bits per heavy atom. The van der Waals surface area contributed by atoms with Crippen molar-refractivity contribution in [2.45, 2.75) is 25.5 Å². The van der Waals surface area contributed by atoms with Gasteiger partial charge in [-0.2, -0.15) is 0 Å². The number of likely N-dealkylation sites (N-methyl/N-ethyl adjacent to an activating group) is 1. The van der Waals surface area contributed by atoms with Crippen LogP contribution in [0.2, 0.25) is 0 Å². The fourth-order valence-electron chi connectivity index (χ4n) is 3.33. The van der Waals surface area contributed by atoms with Gasteiger partial charge in [0.1, 0.15) is 6.61 Å². The van der Waals surface area contributed by atoms with Gasteiger partial charge in [-0.1, -0.05) is 47.7 Å². The fourth-order valence-corrected chi connectivity index (χ4v) is 3.33. The van der Waals surface area contributed by atoms with Crippen LogP contribution in [-0.4, -0.2) is 52.1 Å². The van der Waals surface area contributed by atoms with Gasteiger partial charge in [-0.15, -0.1) is 5.10 Å². The molecule has 3 aromatic rings. The summed E-state index contributed by atoms with van der Waals surface area (Å²) in [4.78, 5) is 14.3. The smallest absolute Gasteiger partial charge is 0.275 e. The second-order valence-corrected chi connectivity index (χ2v) is 7.14. The first-order valence-electron chi connectivity index (χ1n) is 9.77. The van der Waals surface area contributed by atoms with Crippen LogP contribution in [0.25, 0.3) is 0 Å². The molecule has 0 spiro atoms. The van der Waals surface area contributed by atoms with Crippen molar-refractivity contribution in [1.29, 1.82) is 0 Å². The Labute approximate surface area is 169 Å². The molecule has 0 aliphatic carbocycles. The summed E-state index contributed by atoms with van der Waals surface area (Å²) in [7, 11) is 1.74. The molecule has 0 saturated carbocycles. The van der Waals surface area contributed by atoms with E-state index in [4.69, 9.17) is 9.47 Å². The topological polar surface area (TPSA) is 69.5 Å². The quantitative estimate of drug-likeness (QED) is 0.618. The van der Waals surface area contributed by atoms with Gasteiger partial charge in [-0.25, -0.2) is 0 Å². The van der Waals surface area contributed by atoms with Crippen molar-refractivity contribution < 1.29 is 14.3 Å². The Hall–Kier alpha value is -3.35. The number of hydrogen-bond donors (Lipinski definition) is 0. The van der Waals surface area contributed by atoms with Crippen molar-refractivity contribution in [3.63, 3.8) is 0 Å². The van der Waals surface area contributed by atoms with E-state index < -0.39 is 0 Å². The molecule has 4 rings (SSSR count). The van der Waals surface area contributed by atoms with Crippen LogP contribution in [0.15, 0.2) is 60.8 Å². The first-order valence-corrected chi connectivity index (χ1v) is 9.77. The number of nitrogens with zero attached hydrogens (tertiary/aromatic N) is 4. The van der Waals surface area contributed by atoms with Crippen molar-refractivity contribution in [1.82, 2.24) is 19.9 Å². The summed E-state index contributed by atoms with van der Waals surface area (Å²) in [5.74, 6) is 1.26. The summed E-state index contributed by atoms with van der Waals surface area (Å²) in [6.07, 6.45) is 3.38. The summed E-state index contributed by atoms with van der Waals surface area (Å²) >= 11 is 0. The number of carbonyl (C=O) groups is 1. The van der Waals surface area contributed by atoms with Crippen LogP contribution in [0.4, 0.5) is 0 Å². The Balaban J connectivity index is 1.28. The predicted octanol–water partition coefficient (Wildman–Crippen LogP) is 2.82. The lowest BCUT2D eigenvalue weighted by atomic mass is 10.1. The van der Waals surface area contributed by atoms with Gasteiger partial charge in [0.15, 0.2) is 23.3 Å². The molecule has 2 aromatic carbocycles. The van der Waals surface area contributed by atoms with E-state index in [1.165, 1.54) is 5.56 Å². The van der Waals surface area contributed by atoms with E-state index >= 15 is 0 Å². The van der Waals surface area contributed by atoms with Gasteiger partial charge in [0.2, 0.25) is 0 Å². The van der Waals surface area contributed by atoms with Crippen LogP contribution in [0.1, 0.15) is 22.5 Å². The van der Waals surface area contributed by atoms with Crippen molar-refractivity contribution in [2.24, 2.45) is 0 Å². The molecule has 7 nitrogen and oxygen atoms in total.